The van der Waals surface area contributed by atoms with E-state index in [4.69, 9.17) is 4.98 Å². The van der Waals surface area contributed by atoms with Gasteiger partial charge in [0.1, 0.15) is 0 Å². The molecule has 0 radical (unpaired) electrons. The van der Waals surface area contributed by atoms with Gasteiger partial charge in [-0.2, -0.15) is 0 Å². The normalized spacial score (nSPS) is 24.9. The molecule has 0 aliphatic carbocycles. The van der Waals surface area contributed by atoms with Gasteiger partial charge in [0.2, 0.25) is 5.95 Å². The minimum Gasteiger partial charge on any atom is -0.341 e. The summed E-state index contributed by atoms with van der Waals surface area (Å²) in [7, 11) is 0. The highest BCUT2D eigenvalue weighted by molar-refractivity contribution is 5.38. The SMILES string of the molecule is Fc1ccc(CN2[C@H]3CC[C@H]2c2cnc(N4CCCC4)nc2C3)cc1F. The number of rotatable bonds is 3. The molecule has 4 nitrogen and oxygen atoms in total. The fourth-order valence-electron chi connectivity index (χ4n) is 4.73. The van der Waals surface area contributed by atoms with Gasteiger partial charge in [-0.05, 0) is 43.4 Å². The van der Waals surface area contributed by atoms with Crippen molar-refractivity contribution in [2.24, 2.45) is 0 Å². The predicted molar refractivity (Wildman–Crippen MR) is 94.8 cm³/mol. The van der Waals surface area contributed by atoms with E-state index in [0.717, 1.165) is 43.9 Å². The molecular weight excluding hydrogens is 334 g/mol. The molecule has 26 heavy (non-hydrogen) atoms. The average Bonchev–Trinajstić information content (AvgIpc) is 3.26. The number of nitrogens with zero attached hydrogens (tertiary/aromatic N) is 4. The number of halogens is 2. The highest BCUT2D eigenvalue weighted by Crippen LogP contribution is 2.44. The smallest absolute Gasteiger partial charge is 0.225 e. The molecule has 0 N–H and O–H groups in total. The molecule has 5 rings (SSSR count). The third-order valence-electron chi connectivity index (χ3n) is 6.06. The Labute approximate surface area is 151 Å². The van der Waals surface area contributed by atoms with E-state index in [2.05, 4.69) is 14.8 Å². The van der Waals surface area contributed by atoms with Crippen molar-refractivity contribution in [1.29, 1.82) is 0 Å². The molecule has 2 aromatic rings. The molecule has 1 aromatic carbocycles. The van der Waals surface area contributed by atoms with E-state index < -0.39 is 11.6 Å². The van der Waals surface area contributed by atoms with E-state index in [0.29, 0.717) is 12.6 Å². The largest absolute Gasteiger partial charge is 0.341 e. The van der Waals surface area contributed by atoms with Gasteiger partial charge in [-0.3, -0.25) is 4.90 Å². The lowest BCUT2D eigenvalue weighted by Gasteiger charge is -2.36. The van der Waals surface area contributed by atoms with Crippen molar-refractivity contribution < 1.29 is 8.78 Å². The maximum atomic E-state index is 13.6. The van der Waals surface area contributed by atoms with Crippen LogP contribution in [0, 0.1) is 11.6 Å². The first-order chi connectivity index (χ1) is 12.7. The van der Waals surface area contributed by atoms with Crippen molar-refractivity contribution in [3.8, 4) is 0 Å². The lowest BCUT2D eigenvalue weighted by Crippen LogP contribution is -2.38. The summed E-state index contributed by atoms with van der Waals surface area (Å²) in [6.45, 7) is 2.74. The lowest BCUT2D eigenvalue weighted by molar-refractivity contribution is 0.166. The predicted octanol–water partition coefficient (Wildman–Crippen LogP) is 3.62. The van der Waals surface area contributed by atoms with Crippen LogP contribution in [0.1, 0.15) is 48.5 Å². The molecule has 1 aromatic heterocycles. The number of fused-ring (bicyclic) bond motifs is 4. The van der Waals surface area contributed by atoms with Crippen LogP contribution < -0.4 is 4.90 Å². The second-order valence-corrected chi connectivity index (χ2v) is 7.64. The summed E-state index contributed by atoms with van der Waals surface area (Å²) >= 11 is 0. The van der Waals surface area contributed by atoms with Crippen molar-refractivity contribution >= 4 is 5.95 Å². The quantitative estimate of drug-likeness (QED) is 0.841. The monoisotopic (exact) mass is 356 g/mol. The van der Waals surface area contributed by atoms with Gasteiger partial charge >= 0.3 is 0 Å². The standard InChI is InChI=1S/C20H22F2N4/c21-16-5-3-13(9-17(16)22)12-26-14-4-6-19(26)15-11-23-20(24-18(15)10-14)25-7-1-2-8-25/h3,5,9,11,14,19H,1-2,4,6-8,10,12H2/t14-,19-/m0/s1. The van der Waals surface area contributed by atoms with Crippen LogP contribution in [0.4, 0.5) is 14.7 Å². The summed E-state index contributed by atoms with van der Waals surface area (Å²) in [4.78, 5) is 14.2. The van der Waals surface area contributed by atoms with Gasteiger partial charge in [-0.25, -0.2) is 18.7 Å². The van der Waals surface area contributed by atoms with E-state index in [9.17, 15) is 8.78 Å². The number of hydrogen-bond donors (Lipinski definition) is 0. The lowest BCUT2D eigenvalue weighted by atomic mass is 9.98. The highest BCUT2D eigenvalue weighted by atomic mass is 19.2. The van der Waals surface area contributed by atoms with Gasteiger partial charge in [-0.15, -0.1) is 0 Å². The van der Waals surface area contributed by atoms with Gasteiger partial charge in [0, 0.05) is 49.9 Å². The maximum absolute atomic E-state index is 13.6. The van der Waals surface area contributed by atoms with E-state index >= 15 is 0 Å². The molecule has 3 aliphatic rings. The number of aromatic nitrogens is 2. The van der Waals surface area contributed by atoms with Crippen molar-refractivity contribution in [1.82, 2.24) is 14.9 Å². The molecule has 0 amide bonds. The summed E-state index contributed by atoms with van der Waals surface area (Å²) in [6.07, 6.45) is 7.54. The maximum Gasteiger partial charge on any atom is 0.225 e. The van der Waals surface area contributed by atoms with Crippen LogP contribution >= 0.6 is 0 Å². The van der Waals surface area contributed by atoms with Crippen molar-refractivity contribution in [2.75, 3.05) is 18.0 Å². The van der Waals surface area contributed by atoms with Gasteiger partial charge in [-0.1, -0.05) is 6.07 Å². The molecule has 0 unspecified atom stereocenters. The van der Waals surface area contributed by atoms with E-state index in [1.165, 1.54) is 36.2 Å². The third kappa shape index (κ3) is 2.67. The van der Waals surface area contributed by atoms with Crippen LogP contribution in [-0.4, -0.2) is 34.0 Å². The third-order valence-corrected chi connectivity index (χ3v) is 6.06. The van der Waals surface area contributed by atoms with Crippen LogP contribution in [0.15, 0.2) is 24.4 Å². The molecule has 0 spiro atoms. The van der Waals surface area contributed by atoms with Crippen molar-refractivity contribution in [3.63, 3.8) is 0 Å². The molecule has 2 saturated heterocycles. The molecule has 136 valence electrons. The van der Waals surface area contributed by atoms with Gasteiger partial charge in [0.05, 0.1) is 5.69 Å². The number of benzene rings is 1. The Hall–Kier alpha value is -2.08. The Kier molecular flexibility index (Phi) is 3.89. The molecule has 4 heterocycles. The first-order valence-corrected chi connectivity index (χ1v) is 9.49. The number of anilines is 1. The summed E-state index contributed by atoms with van der Waals surface area (Å²) in [5, 5.41) is 0. The van der Waals surface area contributed by atoms with Gasteiger partial charge in [0.25, 0.3) is 0 Å². The fourth-order valence-corrected chi connectivity index (χ4v) is 4.73. The zero-order valence-corrected chi connectivity index (χ0v) is 14.7. The van der Waals surface area contributed by atoms with Crippen molar-refractivity contribution in [3.05, 3.63) is 52.9 Å². The van der Waals surface area contributed by atoms with Crippen LogP contribution in [0.25, 0.3) is 0 Å². The first kappa shape index (κ1) is 16.1. The zero-order chi connectivity index (χ0) is 17.7. The molecule has 2 atom stereocenters. The Morgan fingerprint density at radius 2 is 1.92 bits per heavy atom. The summed E-state index contributed by atoms with van der Waals surface area (Å²) < 4.78 is 26.8. The molecule has 2 bridgehead atoms. The van der Waals surface area contributed by atoms with Crippen LogP contribution in [0.5, 0.6) is 0 Å². The van der Waals surface area contributed by atoms with E-state index in [-0.39, 0.29) is 6.04 Å². The Bertz CT molecular complexity index is 835. The Morgan fingerprint density at radius 1 is 1.08 bits per heavy atom. The second kappa shape index (κ2) is 6.27. The van der Waals surface area contributed by atoms with Gasteiger partial charge < -0.3 is 4.90 Å². The van der Waals surface area contributed by atoms with Crippen molar-refractivity contribution in [2.45, 2.75) is 50.7 Å². The Balaban J connectivity index is 1.41. The molecule has 3 aliphatic heterocycles. The minimum absolute atomic E-state index is 0.282. The number of hydrogen-bond acceptors (Lipinski definition) is 4. The second-order valence-electron chi connectivity index (χ2n) is 7.64. The Morgan fingerprint density at radius 3 is 2.73 bits per heavy atom. The minimum atomic E-state index is -0.788. The summed E-state index contributed by atoms with van der Waals surface area (Å²) in [5.41, 5.74) is 3.21. The van der Waals surface area contributed by atoms with Gasteiger partial charge in [0.15, 0.2) is 11.6 Å². The molecular formula is C20H22F2N4. The summed E-state index contributed by atoms with van der Waals surface area (Å²) in [5.74, 6) is -0.691. The van der Waals surface area contributed by atoms with Crippen LogP contribution in [0.3, 0.4) is 0 Å². The fraction of sp³-hybridized carbons (Fsp3) is 0.500. The molecule has 6 heteroatoms. The average molecular weight is 356 g/mol. The zero-order valence-electron chi connectivity index (χ0n) is 14.7. The topological polar surface area (TPSA) is 32.3 Å². The van der Waals surface area contributed by atoms with Crippen LogP contribution in [-0.2, 0) is 13.0 Å². The first-order valence-electron chi connectivity index (χ1n) is 9.49. The van der Waals surface area contributed by atoms with E-state index in [1.54, 1.807) is 6.07 Å². The molecule has 2 fully saturated rings. The molecule has 0 saturated carbocycles. The summed E-state index contributed by atoms with van der Waals surface area (Å²) in [6, 6.07) is 4.92. The van der Waals surface area contributed by atoms with E-state index in [1.807, 2.05) is 6.20 Å². The van der Waals surface area contributed by atoms with Crippen LogP contribution in [0.2, 0.25) is 0 Å². The highest BCUT2D eigenvalue weighted by Gasteiger charge is 2.41.